The van der Waals surface area contributed by atoms with Crippen LogP contribution in [0.25, 0.3) is 6.08 Å². The molecule has 5 heteroatoms. The van der Waals surface area contributed by atoms with E-state index in [2.05, 4.69) is 0 Å². The first-order chi connectivity index (χ1) is 9.54. The van der Waals surface area contributed by atoms with Gasteiger partial charge >= 0.3 is 5.97 Å². The van der Waals surface area contributed by atoms with Crippen molar-refractivity contribution in [1.82, 2.24) is 4.90 Å². The Morgan fingerprint density at radius 1 is 1.35 bits per heavy atom. The summed E-state index contributed by atoms with van der Waals surface area (Å²) in [4.78, 5) is 12.6. The summed E-state index contributed by atoms with van der Waals surface area (Å²) in [6, 6.07) is 5.42. The van der Waals surface area contributed by atoms with Crippen LogP contribution in [0.15, 0.2) is 24.3 Å². The number of carbonyl (C=O) groups is 1. The lowest BCUT2D eigenvalue weighted by molar-refractivity contribution is -0.131. The van der Waals surface area contributed by atoms with Gasteiger partial charge in [0, 0.05) is 18.2 Å². The van der Waals surface area contributed by atoms with E-state index in [9.17, 15) is 4.79 Å². The highest BCUT2D eigenvalue weighted by Crippen LogP contribution is 2.32. The van der Waals surface area contributed by atoms with Gasteiger partial charge < -0.3 is 19.5 Å². The maximum absolute atomic E-state index is 10.6. The summed E-state index contributed by atoms with van der Waals surface area (Å²) in [5, 5.41) is 8.72. The monoisotopic (exact) mass is 279 g/mol. The van der Waals surface area contributed by atoms with Crippen molar-refractivity contribution in [3.05, 3.63) is 29.8 Å². The Hall–Kier alpha value is -2.01. The van der Waals surface area contributed by atoms with E-state index in [4.69, 9.17) is 14.6 Å². The van der Waals surface area contributed by atoms with Crippen LogP contribution in [0.3, 0.4) is 0 Å². The molecule has 1 N–H and O–H groups in total. The fourth-order valence-electron chi connectivity index (χ4n) is 1.58. The number of para-hydroxylation sites is 1. The quantitative estimate of drug-likeness (QED) is 0.739. The van der Waals surface area contributed by atoms with Crippen molar-refractivity contribution in [1.29, 1.82) is 0 Å². The molecule has 0 spiro atoms. The van der Waals surface area contributed by atoms with Gasteiger partial charge in [0.15, 0.2) is 11.5 Å². The van der Waals surface area contributed by atoms with Gasteiger partial charge in [0.1, 0.15) is 6.61 Å². The third-order valence-electron chi connectivity index (χ3n) is 2.50. The molecule has 0 atom stereocenters. The Kier molecular flexibility index (Phi) is 6.59. The molecule has 20 heavy (non-hydrogen) atoms. The van der Waals surface area contributed by atoms with E-state index in [1.807, 2.05) is 38.1 Å². The summed E-state index contributed by atoms with van der Waals surface area (Å²) < 4.78 is 11.3. The van der Waals surface area contributed by atoms with Gasteiger partial charge in [0.05, 0.1) is 6.61 Å². The SMILES string of the molecule is CCOc1cccc(/C=C/C(=O)O)c1OCCN(C)C. The predicted molar refractivity (Wildman–Crippen MR) is 78.3 cm³/mol. The van der Waals surface area contributed by atoms with E-state index in [-0.39, 0.29) is 0 Å². The van der Waals surface area contributed by atoms with Gasteiger partial charge in [0.25, 0.3) is 0 Å². The normalized spacial score (nSPS) is 11.0. The highest BCUT2D eigenvalue weighted by Gasteiger charge is 2.09. The molecule has 5 nitrogen and oxygen atoms in total. The maximum atomic E-state index is 10.6. The number of hydrogen-bond donors (Lipinski definition) is 1. The molecule has 0 aliphatic carbocycles. The zero-order valence-electron chi connectivity index (χ0n) is 12.1. The van der Waals surface area contributed by atoms with Crippen LogP contribution in [0.2, 0.25) is 0 Å². The molecule has 1 aromatic carbocycles. The van der Waals surface area contributed by atoms with Gasteiger partial charge in [-0.15, -0.1) is 0 Å². The van der Waals surface area contributed by atoms with Crippen molar-refractivity contribution in [2.24, 2.45) is 0 Å². The van der Waals surface area contributed by atoms with Crippen LogP contribution in [-0.4, -0.2) is 49.8 Å². The molecule has 0 aliphatic rings. The van der Waals surface area contributed by atoms with E-state index in [0.717, 1.165) is 12.6 Å². The summed E-state index contributed by atoms with van der Waals surface area (Å²) in [6.07, 6.45) is 2.60. The molecule has 0 radical (unpaired) electrons. The summed E-state index contributed by atoms with van der Waals surface area (Å²) >= 11 is 0. The largest absolute Gasteiger partial charge is 0.490 e. The van der Waals surface area contributed by atoms with E-state index in [0.29, 0.717) is 30.3 Å². The number of likely N-dealkylation sites (N-methyl/N-ethyl adjacent to an activating group) is 1. The Morgan fingerprint density at radius 3 is 2.70 bits per heavy atom. The molecule has 0 saturated carbocycles. The maximum Gasteiger partial charge on any atom is 0.328 e. The first kappa shape index (κ1) is 16.0. The average molecular weight is 279 g/mol. The van der Waals surface area contributed by atoms with Crippen LogP contribution in [0.4, 0.5) is 0 Å². The number of nitrogens with zero attached hydrogens (tertiary/aromatic N) is 1. The number of carboxylic acid groups (broad SMARTS) is 1. The first-order valence-corrected chi connectivity index (χ1v) is 6.49. The van der Waals surface area contributed by atoms with Crippen molar-refractivity contribution in [2.75, 3.05) is 33.9 Å². The highest BCUT2D eigenvalue weighted by atomic mass is 16.5. The van der Waals surface area contributed by atoms with Crippen LogP contribution >= 0.6 is 0 Å². The number of hydrogen-bond acceptors (Lipinski definition) is 4. The molecule has 1 aromatic rings. The molecule has 0 heterocycles. The average Bonchev–Trinajstić information content (AvgIpc) is 2.38. The van der Waals surface area contributed by atoms with Crippen molar-refractivity contribution in [2.45, 2.75) is 6.92 Å². The second-order valence-corrected chi connectivity index (χ2v) is 4.43. The van der Waals surface area contributed by atoms with Gasteiger partial charge in [0.2, 0.25) is 0 Å². The zero-order valence-corrected chi connectivity index (χ0v) is 12.1. The summed E-state index contributed by atoms with van der Waals surface area (Å²) in [6.45, 7) is 3.69. The van der Waals surface area contributed by atoms with Crippen molar-refractivity contribution >= 4 is 12.0 Å². The van der Waals surface area contributed by atoms with Gasteiger partial charge in [-0.05, 0) is 33.2 Å². The summed E-state index contributed by atoms with van der Waals surface area (Å²) in [7, 11) is 3.92. The molecular formula is C15H21NO4. The number of carboxylic acids is 1. The van der Waals surface area contributed by atoms with Crippen LogP contribution in [0.5, 0.6) is 11.5 Å². The Bertz CT molecular complexity index is 469. The van der Waals surface area contributed by atoms with E-state index >= 15 is 0 Å². The van der Waals surface area contributed by atoms with Crippen molar-refractivity contribution < 1.29 is 19.4 Å². The fraction of sp³-hybridized carbons (Fsp3) is 0.400. The number of aliphatic carboxylic acids is 1. The summed E-state index contributed by atoms with van der Waals surface area (Å²) in [5.74, 6) is 0.207. The Labute approximate surface area is 119 Å². The first-order valence-electron chi connectivity index (χ1n) is 6.49. The molecule has 110 valence electrons. The molecule has 0 fully saturated rings. The van der Waals surface area contributed by atoms with Crippen molar-refractivity contribution in [3.8, 4) is 11.5 Å². The molecule has 1 rings (SSSR count). The summed E-state index contributed by atoms with van der Waals surface area (Å²) in [5.41, 5.74) is 0.692. The van der Waals surface area contributed by atoms with Crippen LogP contribution in [-0.2, 0) is 4.79 Å². The minimum absolute atomic E-state index is 0.505. The minimum Gasteiger partial charge on any atom is -0.490 e. The number of benzene rings is 1. The molecular weight excluding hydrogens is 258 g/mol. The standard InChI is InChI=1S/C15H21NO4/c1-4-19-13-7-5-6-12(8-9-14(17)18)15(13)20-11-10-16(2)3/h5-9H,4,10-11H2,1-3H3,(H,17,18)/b9-8+. The van der Waals surface area contributed by atoms with E-state index < -0.39 is 5.97 Å². The lowest BCUT2D eigenvalue weighted by Gasteiger charge is -2.16. The van der Waals surface area contributed by atoms with Crippen LogP contribution < -0.4 is 9.47 Å². The van der Waals surface area contributed by atoms with E-state index in [1.165, 1.54) is 6.08 Å². The third kappa shape index (κ3) is 5.32. The van der Waals surface area contributed by atoms with Crippen molar-refractivity contribution in [3.63, 3.8) is 0 Å². The topological polar surface area (TPSA) is 59.0 Å². The lowest BCUT2D eigenvalue weighted by atomic mass is 10.1. The van der Waals surface area contributed by atoms with Gasteiger partial charge in [-0.2, -0.15) is 0 Å². The molecule has 0 amide bonds. The predicted octanol–water partition coefficient (Wildman–Crippen LogP) is 2.12. The second-order valence-electron chi connectivity index (χ2n) is 4.43. The van der Waals surface area contributed by atoms with Crippen LogP contribution in [0, 0.1) is 0 Å². The number of ether oxygens (including phenoxy) is 2. The zero-order chi connectivity index (χ0) is 15.0. The molecule has 0 saturated heterocycles. The highest BCUT2D eigenvalue weighted by molar-refractivity contribution is 5.86. The molecule has 0 aliphatic heterocycles. The van der Waals surface area contributed by atoms with Gasteiger partial charge in [-0.3, -0.25) is 0 Å². The van der Waals surface area contributed by atoms with Gasteiger partial charge in [-0.25, -0.2) is 4.79 Å². The lowest BCUT2D eigenvalue weighted by Crippen LogP contribution is -2.19. The molecule has 0 unspecified atom stereocenters. The van der Waals surface area contributed by atoms with E-state index in [1.54, 1.807) is 6.07 Å². The second kappa shape index (κ2) is 8.22. The molecule has 0 bridgehead atoms. The fourth-order valence-corrected chi connectivity index (χ4v) is 1.58. The third-order valence-corrected chi connectivity index (χ3v) is 2.50. The number of rotatable bonds is 8. The minimum atomic E-state index is -0.994. The Balaban J connectivity index is 2.96. The smallest absolute Gasteiger partial charge is 0.328 e. The Morgan fingerprint density at radius 2 is 2.10 bits per heavy atom. The van der Waals surface area contributed by atoms with Crippen LogP contribution in [0.1, 0.15) is 12.5 Å². The molecule has 0 aromatic heterocycles. The van der Waals surface area contributed by atoms with Gasteiger partial charge in [-0.1, -0.05) is 12.1 Å².